The summed E-state index contributed by atoms with van der Waals surface area (Å²) in [7, 11) is 0. The van der Waals surface area contributed by atoms with Crippen molar-refractivity contribution < 1.29 is 0 Å². The Bertz CT molecular complexity index is 620. The van der Waals surface area contributed by atoms with E-state index >= 15 is 0 Å². The van der Waals surface area contributed by atoms with Gasteiger partial charge in [-0.2, -0.15) is 0 Å². The van der Waals surface area contributed by atoms with Crippen molar-refractivity contribution in [2.75, 3.05) is 17.6 Å². The molecule has 1 aliphatic rings. The zero-order valence-corrected chi connectivity index (χ0v) is 12.6. The Balaban J connectivity index is 1.93. The molecule has 0 bridgehead atoms. The number of hydrogen-bond acceptors (Lipinski definition) is 3. The van der Waals surface area contributed by atoms with Crippen LogP contribution in [0.25, 0.3) is 10.9 Å². The molecule has 1 aromatic carbocycles. The van der Waals surface area contributed by atoms with Gasteiger partial charge in [-0.15, -0.1) is 0 Å². The molecular formula is C15H18BrN3. The van der Waals surface area contributed by atoms with Crippen LogP contribution in [0.3, 0.4) is 0 Å². The van der Waals surface area contributed by atoms with Gasteiger partial charge in [-0.05, 0) is 58.8 Å². The molecule has 0 amide bonds. The molecule has 1 aliphatic carbocycles. The molecule has 4 heteroatoms. The molecule has 0 atom stereocenters. The van der Waals surface area contributed by atoms with E-state index in [1.807, 2.05) is 24.4 Å². The minimum absolute atomic E-state index is 0.517. The number of fused-ring (bicyclic) bond motifs is 1. The van der Waals surface area contributed by atoms with Crippen LogP contribution in [-0.2, 0) is 0 Å². The average molecular weight is 320 g/mol. The number of nitrogens with zero attached hydrogens (tertiary/aromatic N) is 1. The number of anilines is 2. The third-order valence-corrected chi connectivity index (χ3v) is 4.64. The third kappa shape index (κ3) is 2.41. The predicted molar refractivity (Wildman–Crippen MR) is 84.3 cm³/mol. The van der Waals surface area contributed by atoms with Gasteiger partial charge in [-0.3, -0.25) is 4.98 Å². The van der Waals surface area contributed by atoms with Crippen LogP contribution in [0.1, 0.15) is 26.2 Å². The van der Waals surface area contributed by atoms with Crippen molar-refractivity contribution in [3.63, 3.8) is 0 Å². The number of pyridine rings is 1. The number of halogens is 1. The van der Waals surface area contributed by atoms with Crippen LogP contribution in [0.5, 0.6) is 0 Å². The van der Waals surface area contributed by atoms with Gasteiger partial charge in [0.1, 0.15) is 0 Å². The number of benzene rings is 1. The third-order valence-electron chi connectivity index (χ3n) is 4.21. The van der Waals surface area contributed by atoms with E-state index in [0.29, 0.717) is 5.41 Å². The predicted octanol–water partition coefficient (Wildman–Crippen LogP) is 4.18. The zero-order valence-electron chi connectivity index (χ0n) is 11.0. The molecule has 2 aromatic rings. The van der Waals surface area contributed by atoms with Gasteiger partial charge in [0.05, 0.1) is 11.2 Å². The molecule has 1 heterocycles. The maximum atomic E-state index is 6.03. The van der Waals surface area contributed by atoms with E-state index in [1.165, 1.54) is 19.3 Å². The topological polar surface area (TPSA) is 50.9 Å². The van der Waals surface area contributed by atoms with Crippen LogP contribution in [0.4, 0.5) is 11.4 Å². The molecule has 0 saturated heterocycles. The van der Waals surface area contributed by atoms with Gasteiger partial charge < -0.3 is 11.1 Å². The number of nitrogen functional groups attached to an aromatic ring is 1. The number of rotatable bonds is 4. The molecule has 0 aliphatic heterocycles. The van der Waals surface area contributed by atoms with Gasteiger partial charge >= 0.3 is 0 Å². The van der Waals surface area contributed by atoms with Crippen molar-refractivity contribution in [1.29, 1.82) is 0 Å². The van der Waals surface area contributed by atoms with E-state index in [4.69, 9.17) is 5.73 Å². The molecule has 0 radical (unpaired) electrons. The second-order valence-electron chi connectivity index (χ2n) is 5.46. The van der Waals surface area contributed by atoms with Crippen molar-refractivity contribution >= 4 is 38.2 Å². The minimum atomic E-state index is 0.517. The fourth-order valence-corrected chi connectivity index (χ4v) is 2.80. The van der Waals surface area contributed by atoms with Crippen molar-refractivity contribution in [2.45, 2.75) is 26.2 Å². The number of aromatic nitrogens is 1. The van der Waals surface area contributed by atoms with Crippen LogP contribution in [0.2, 0.25) is 0 Å². The molecule has 19 heavy (non-hydrogen) atoms. The standard InChI is InChI=1S/C15H18BrN3/c1-2-15(5-6-15)9-19-13-4-3-12(17)11-7-10(16)8-18-14(11)13/h3-4,7-8,19H,2,5-6,9,17H2,1H3. The normalized spacial score (nSPS) is 16.5. The smallest absolute Gasteiger partial charge is 0.0954 e. The van der Waals surface area contributed by atoms with Gasteiger partial charge in [-0.1, -0.05) is 6.92 Å². The molecule has 0 unspecified atom stereocenters. The largest absolute Gasteiger partial charge is 0.398 e. The lowest BCUT2D eigenvalue weighted by Crippen LogP contribution is -2.14. The second-order valence-corrected chi connectivity index (χ2v) is 6.37. The Morgan fingerprint density at radius 2 is 2.21 bits per heavy atom. The Hall–Kier alpha value is -1.29. The van der Waals surface area contributed by atoms with Gasteiger partial charge in [-0.25, -0.2) is 0 Å². The highest BCUT2D eigenvalue weighted by Crippen LogP contribution is 2.48. The lowest BCUT2D eigenvalue weighted by atomic mass is 10.0. The number of nitrogens with two attached hydrogens (primary N) is 1. The van der Waals surface area contributed by atoms with Crippen LogP contribution in [0, 0.1) is 5.41 Å². The van der Waals surface area contributed by atoms with E-state index < -0.39 is 0 Å². The summed E-state index contributed by atoms with van der Waals surface area (Å²) >= 11 is 3.44. The van der Waals surface area contributed by atoms with Gasteiger partial charge in [0, 0.05) is 28.3 Å². The van der Waals surface area contributed by atoms with E-state index in [-0.39, 0.29) is 0 Å². The van der Waals surface area contributed by atoms with Crippen molar-refractivity contribution in [3.8, 4) is 0 Å². The van der Waals surface area contributed by atoms with Crippen LogP contribution in [-0.4, -0.2) is 11.5 Å². The van der Waals surface area contributed by atoms with Gasteiger partial charge in [0.2, 0.25) is 0 Å². The van der Waals surface area contributed by atoms with Crippen molar-refractivity contribution in [2.24, 2.45) is 5.41 Å². The fourth-order valence-electron chi connectivity index (χ4n) is 2.47. The molecule has 1 saturated carbocycles. The van der Waals surface area contributed by atoms with Crippen molar-refractivity contribution in [1.82, 2.24) is 4.98 Å². The molecule has 3 N–H and O–H groups in total. The Morgan fingerprint density at radius 3 is 2.89 bits per heavy atom. The zero-order chi connectivity index (χ0) is 13.5. The molecular weight excluding hydrogens is 302 g/mol. The van der Waals surface area contributed by atoms with Crippen LogP contribution >= 0.6 is 15.9 Å². The SMILES string of the molecule is CCC1(CNc2ccc(N)c3cc(Br)cnc23)CC1. The average Bonchev–Trinajstić information content (AvgIpc) is 3.19. The Morgan fingerprint density at radius 1 is 1.42 bits per heavy atom. The quantitative estimate of drug-likeness (QED) is 0.831. The number of nitrogens with one attached hydrogen (secondary N) is 1. The van der Waals surface area contributed by atoms with Gasteiger partial charge in [0.15, 0.2) is 0 Å². The summed E-state index contributed by atoms with van der Waals surface area (Å²) in [4.78, 5) is 4.50. The summed E-state index contributed by atoms with van der Waals surface area (Å²) in [6, 6.07) is 6.00. The van der Waals surface area contributed by atoms with Crippen LogP contribution in [0.15, 0.2) is 28.9 Å². The summed E-state index contributed by atoms with van der Waals surface area (Å²) in [6.07, 6.45) is 5.73. The summed E-state index contributed by atoms with van der Waals surface area (Å²) in [6.45, 7) is 3.30. The first-order chi connectivity index (χ1) is 9.13. The van der Waals surface area contributed by atoms with E-state index in [2.05, 4.69) is 33.2 Å². The van der Waals surface area contributed by atoms with Crippen LogP contribution < -0.4 is 11.1 Å². The fraction of sp³-hybridized carbons (Fsp3) is 0.400. The number of hydrogen-bond donors (Lipinski definition) is 2. The summed E-state index contributed by atoms with van der Waals surface area (Å²) in [5, 5.41) is 4.56. The highest BCUT2D eigenvalue weighted by molar-refractivity contribution is 9.10. The van der Waals surface area contributed by atoms with E-state index in [1.54, 1.807) is 0 Å². The molecule has 100 valence electrons. The first-order valence-electron chi connectivity index (χ1n) is 6.71. The minimum Gasteiger partial charge on any atom is -0.398 e. The van der Waals surface area contributed by atoms with Gasteiger partial charge in [0.25, 0.3) is 0 Å². The first kappa shape index (κ1) is 12.7. The molecule has 3 rings (SSSR count). The lowest BCUT2D eigenvalue weighted by Gasteiger charge is -2.16. The van der Waals surface area contributed by atoms with E-state index in [0.717, 1.165) is 33.3 Å². The summed E-state index contributed by atoms with van der Waals surface area (Å²) < 4.78 is 0.955. The Labute approximate surface area is 121 Å². The summed E-state index contributed by atoms with van der Waals surface area (Å²) in [5.74, 6) is 0. The highest BCUT2D eigenvalue weighted by atomic mass is 79.9. The monoisotopic (exact) mass is 319 g/mol. The second kappa shape index (κ2) is 4.67. The maximum absolute atomic E-state index is 6.03. The summed E-state index contributed by atoms with van der Waals surface area (Å²) in [5.41, 5.74) is 9.35. The first-order valence-corrected chi connectivity index (χ1v) is 7.50. The molecule has 3 nitrogen and oxygen atoms in total. The maximum Gasteiger partial charge on any atom is 0.0954 e. The highest BCUT2D eigenvalue weighted by Gasteiger charge is 2.40. The Kier molecular flexibility index (Phi) is 3.13. The van der Waals surface area contributed by atoms with Crippen molar-refractivity contribution in [3.05, 3.63) is 28.9 Å². The molecule has 1 aromatic heterocycles. The lowest BCUT2D eigenvalue weighted by molar-refractivity contribution is 0.521. The molecule has 1 fully saturated rings. The molecule has 0 spiro atoms. The van der Waals surface area contributed by atoms with E-state index in [9.17, 15) is 0 Å².